The average Bonchev–Trinajstić information content (AvgIpc) is 2.61. The Labute approximate surface area is 149 Å². The highest BCUT2D eigenvalue weighted by atomic mass is 16.4. The molecule has 1 heterocycles. The summed E-state index contributed by atoms with van der Waals surface area (Å²) in [6.45, 7) is 5.80. The first-order valence-corrected chi connectivity index (χ1v) is 9.12. The maximum Gasteiger partial charge on any atom is 0.317 e. The van der Waals surface area contributed by atoms with E-state index in [2.05, 4.69) is 41.4 Å². The van der Waals surface area contributed by atoms with Crippen LogP contribution in [-0.2, 0) is 11.3 Å². The van der Waals surface area contributed by atoms with E-state index in [0.717, 1.165) is 32.5 Å². The van der Waals surface area contributed by atoms with Crippen LogP contribution in [-0.4, -0.2) is 59.1 Å². The molecule has 1 atom stereocenters. The van der Waals surface area contributed by atoms with Crippen molar-refractivity contribution in [3.8, 4) is 0 Å². The number of nitrogens with zero attached hydrogens (tertiary/aromatic N) is 2. The van der Waals surface area contributed by atoms with Crippen molar-refractivity contribution in [3.05, 3.63) is 35.9 Å². The van der Waals surface area contributed by atoms with Crippen LogP contribution < -0.4 is 5.32 Å². The molecular weight excluding hydrogens is 318 g/mol. The molecule has 6 nitrogen and oxygen atoms in total. The van der Waals surface area contributed by atoms with Gasteiger partial charge in [0.25, 0.3) is 0 Å². The van der Waals surface area contributed by atoms with Crippen molar-refractivity contribution >= 4 is 12.0 Å². The van der Waals surface area contributed by atoms with Gasteiger partial charge in [0.05, 0.1) is 0 Å². The van der Waals surface area contributed by atoms with Crippen molar-refractivity contribution in [1.29, 1.82) is 0 Å². The average molecular weight is 347 g/mol. The first-order chi connectivity index (χ1) is 12.1. The summed E-state index contributed by atoms with van der Waals surface area (Å²) >= 11 is 0. The molecule has 0 bridgehead atoms. The Hall–Kier alpha value is -2.08. The van der Waals surface area contributed by atoms with E-state index < -0.39 is 5.97 Å². The normalized spacial score (nSPS) is 18.1. The van der Waals surface area contributed by atoms with Gasteiger partial charge in [-0.2, -0.15) is 0 Å². The predicted octanol–water partition coefficient (Wildman–Crippen LogP) is 2.55. The summed E-state index contributed by atoms with van der Waals surface area (Å²) in [5, 5.41) is 11.5. The van der Waals surface area contributed by atoms with E-state index >= 15 is 0 Å². The van der Waals surface area contributed by atoms with Crippen molar-refractivity contribution in [1.82, 2.24) is 15.1 Å². The SMILES string of the molecule is CCCC1CN(C(=O)NCCCC(=O)O)CCN1Cc1ccccc1. The van der Waals surface area contributed by atoms with Crippen molar-refractivity contribution in [2.75, 3.05) is 26.2 Å². The van der Waals surface area contributed by atoms with E-state index in [1.165, 1.54) is 5.56 Å². The molecule has 6 heteroatoms. The number of piperazine rings is 1. The number of amides is 2. The van der Waals surface area contributed by atoms with Gasteiger partial charge in [0, 0.05) is 45.2 Å². The van der Waals surface area contributed by atoms with Gasteiger partial charge in [-0.05, 0) is 18.4 Å². The monoisotopic (exact) mass is 347 g/mol. The molecule has 2 N–H and O–H groups in total. The Morgan fingerprint density at radius 2 is 2.00 bits per heavy atom. The zero-order chi connectivity index (χ0) is 18.1. The van der Waals surface area contributed by atoms with Gasteiger partial charge < -0.3 is 15.3 Å². The van der Waals surface area contributed by atoms with E-state index in [1.807, 2.05) is 11.0 Å². The fraction of sp³-hybridized carbons (Fsp3) is 0.579. The standard InChI is InChI=1S/C19H29N3O3/c1-2-7-17-15-22(19(25)20-11-6-10-18(23)24)13-12-21(17)14-16-8-4-3-5-9-16/h3-5,8-9,17H,2,6-7,10-15H2,1H3,(H,20,25)(H,23,24). The van der Waals surface area contributed by atoms with Crippen LogP contribution in [0.4, 0.5) is 4.79 Å². The Morgan fingerprint density at radius 1 is 1.24 bits per heavy atom. The van der Waals surface area contributed by atoms with Gasteiger partial charge in [0.1, 0.15) is 0 Å². The van der Waals surface area contributed by atoms with Crippen LogP contribution in [0.15, 0.2) is 30.3 Å². The van der Waals surface area contributed by atoms with Crippen LogP contribution in [0.3, 0.4) is 0 Å². The van der Waals surface area contributed by atoms with Crippen molar-refractivity contribution in [2.45, 2.75) is 45.2 Å². The third-order valence-electron chi connectivity index (χ3n) is 4.59. The largest absolute Gasteiger partial charge is 0.481 e. The molecule has 1 aromatic rings. The third kappa shape index (κ3) is 6.38. The molecule has 2 rings (SSSR count). The summed E-state index contributed by atoms with van der Waals surface area (Å²) in [7, 11) is 0. The van der Waals surface area contributed by atoms with Gasteiger partial charge in [0.15, 0.2) is 0 Å². The van der Waals surface area contributed by atoms with Gasteiger partial charge in [-0.1, -0.05) is 43.7 Å². The molecule has 1 unspecified atom stereocenters. The highest BCUT2D eigenvalue weighted by Gasteiger charge is 2.28. The van der Waals surface area contributed by atoms with E-state index in [4.69, 9.17) is 5.11 Å². The molecule has 0 radical (unpaired) electrons. The lowest BCUT2D eigenvalue weighted by Gasteiger charge is -2.41. The molecule has 1 aliphatic rings. The first kappa shape index (κ1) is 19.2. The zero-order valence-electron chi connectivity index (χ0n) is 15.0. The fourth-order valence-corrected chi connectivity index (χ4v) is 3.26. The second kappa shape index (κ2) is 10.0. The van der Waals surface area contributed by atoms with Crippen LogP contribution >= 0.6 is 0 Å². The number of carbonyl (C=O) groups excluding carboxylic acids is 1. The van der Waals surface area contributed by atoms with Gasteiger partial charge >= 0.3 is 12.0 Å². The van der Waals surface area contributed by atoms with Crippen molar-refractivity contribution < 1.29 is 14.7 Å². The molecule has 0 saturated carbocycles. The van der Waals surface area contributed by atoms with Crippen LogP contribution in [0.2, 0.25) is 0 Å². The van der Waals surface area contributed by atoms with Crippen molar-refractivity contribution in [3.63, 3.8) is 0 Å². The number of carboxylic acid groups (broad SMARTS) is 1. The summed E-state index contributed by atoms with van der Waals surface area (Å²) in [5.74, 6) is -0.827. The Bertz CT molecular complexity index is 550. The Kier molecular flexibility index (Phi) is 7.73. The maximum atomic E-state index is 12.3. The van der Waals surface area contributed by atoms with Crippen molar-refractivity contribution in [2.24, 2.45) is 0 Å². The lowest BCUT2D eigenvalue weighted by molar-refractivity contribution is -0.137. The third-order valence-corrected chi connectivity index (χ3v) is 4.59. The number of rotatable bonds is 8. The molecule has 25 heavy (non-hydrogen) atoms. The molecule has 138 valence electrons. The summed E-state index contributed by atoms with van der Waals surface area (Å²) in [6.07, 6.45) is 2.71. The number of carbonyl (C=O) groups is 2. The van der Waals surface area contributed by atoms with Crippen LogP contribution in [0.5, 0.6) is 0 Å². The molecule has 1 aromatic carbocycles. The second-order valence-corrected chi connectivity index (χ2v) is 6.57. The van der Waals surface area contributed by atoms with Crippen LogP contribution in [0.1, 0.15) is 38.2 Å². The minimum atomic E-state index is -0.827. The molecule has 0 aromatic heterocycles. The lowest BCUT2D eigenvalue weighted by Crippen LogP contribution is -2.56. The quantitative estimate of drug-likeness (QED) is 0.709. The maximum absolute atomic E-state index is 12.3. The molecule has 1 saturated heterocycles. The minimum Gasteiger partial charge on any atom is -0.481 e. The molecule has 1 aliphatic heterocycles. The number of urea groups is 1. The summed E-state index contributed by atoms with van der Waals surface area (Å²) in [5.41, 5.74) is 1.30. The van der Waals surface area contributed by atoms with E-state index in [1.54, 1.807) is 0 Å². The zero-order valence-corrected chi connectivity index (χ0v) is 15.0. The molecule has 0 aliphatic carbocycles. The Morgan fingerprint density at radius 3 is 2.68 bits per heavy atom. The number of hydrogen-bond acceptors (Lipinski definition) is 3. The highest BCUT2D eigenvalue weighted by molar-refractivity contribution is 5.74. The Balaban J connectivity index is 1.84. The second-order valence-electron chi connectivity index (χ2n) is 6.57. The fourth-order valence-electron chi connectivity index (χ4n) is 3.26. The number of nitrogens with one attached hydrogen (secondary N) is 1. The molecule has 2 amide bonds. The van der Waals surface area contributed by atoms with Gasteiger partial charge in [0.2, 0.25) is 0 Å². The van der Waals surface area contributed by atoms with Gasteiger partial charge in [-0.25, -0.2) is 4.79 Å². The smallest absolute Gasteiger partial charge is 0.317 e. The number of hydrogen-bond donors (Lipinski definition) is 2. The minimum absolute atomic E-state index is 0.0779. The van der Waals surface area contributed by atoms with E-state index in [9.17, 15) is 9.59 Å². The number of benzene rings is 1. The van der Waals surface area contributed by atoms with Crippen LogP contribution in [0.25, 0.3) is 0 Å². The van der Waals surface area contributed by atoms with E-state index in [0.29, 0.717) is 25.6 Å². The lowest BCUT2D eigenvalue weighted by atomic mass is 10.1. The summed E-state index contributed by atoms with van der Waals surface area (Å²) in [4.78, 5) is 27.2. The van der Waals surface area contributed by atoms with Crippen LogP contribution in [0, 0.1) is 0 Å². The van der Waals surface area contributed by atoms with E-state index in [-0.39, 0.29) is 12.5 Å². The highest BCUT2D eigenvalue weighted by Crippen LogP contribution is 2.18. The van der Waals surface area contributed by atoms with Gasteiger partial charge in [-0.3, -0.25) is 9.69 Å². The summed E-state index contributed by atoms with van der Waals surface area (Å²) in [6, 6.07) is 10.7. The molecule has 1 fully saturated rings. The molecule has 0 spiro atoms. The topological polar surface area (TPSA) is 72.9 Å². The molecular formula is C19H29N3O3. The summed E-state index contributed by atoms with van der Waals surface area (Å²) < 4.78 is 0. The first-order valence-electron chi connectivity index (χ1n) is 9.12. The number of carboxylic acids is 1. The van der Waals surface area contributed by atoms with Gasteiger partial charge in [-0.15, -0.1) is 0 Å². The predicted molar refractivity (Wildman–Crippen MR) is 97.4 cm³/mol. The number of aliphatic carboxylic acids is 1.